The third kappa shape index (κ3) is 1.28. The molecule has 2 aromatic rings. The van der Waals surface area contributed by atoms with Gasteiger partial charge >= 0.3 is 5.69 Å². The maximum atomic E-state index is 11.5. The Morgan fingerprint density at radius 1 is 1.50 bits per heavy atom. The maximum Gasteiger partial charge on any atom is 0.326 e. The zero-order valence-corrected chi connectivity index (χ0v) is 8.08. The monoisotopic (exact) mass is 191 g/mol. The molecule has 4 nitrogen and oxygen atoms in total. The number of rotatable bonds is 2. The highest BCUT2D eigenvalue weighted by molar-refractivity contribution is 5.78. The number of nitrogen functional groups attached to an aromatic ring is 1. The summed E-state index contributed by atoms with van der Waals surface area (Å²) < 4.78 is 1.73. The Morgan fingerprint density at radius 2 is 2.29 bits per heavy atom. The van der Waals surface area contributed by atoms with E-state index in [1.165, 1.54) is 0 Å². The molecule has 1 aromatic heterocycles. The van der Waals surface area contributed by atoms with Gasteiger partial charge in [-0.15, -0.1) is 0 Å². The molecule has 0 saturated carbocycles. The van der Waals surface area contributed by atoms with Gasteiger partial charge in [-0.2, -0.15) is 0 Å². The fourth-order valence-electron chi connectivity index (χ4n) is 1.63. The number of hydrogen-bond acceptors (Lipinski definition) is 2. The van der Waals surface area contributed by atoms with Gasteiger partial charge in [-0.1, -0.05) is 6.92 Å². The van der Waals surface area contributed by atoms with Crippen molar-refractivity contribution in [3.05, 3.63) is 28.7 Å². The molecule has 0 unspecified atom stereocenters. The van der Waals surface area contributed by atoms with Crippen molar-refractivity contribution >= 4 is 16.7 Å². The Balaban J connectivity index is 2.71. The van der Waals surface area contributed by atoms with Gasteiger partial charge < -0.3 is 10.7 Å². The lowest BCUT2D eigenvalue weighted by Gasteiger charge is -1.99. The Hall–Kier alpha value is -1.71. The summed E-state index contributed by atoms with van der Waals surface area (Å²) in [6, 6.07) is 5.46. The third-order valence-electron chi connectivity index (χ3n) is 2.25. The van der Waals surface area contributed by atoms with E-state index in [1.807, 2.05) is 19.1 Å². The molecule has 0 aliphatic rings. The first-order valence-electron chi connectivity index (χ1n) is 4.70. The molecule has 2 rings (SSSR count). The topological polar surface area (TPSA) is 63.8 Å². The number of imidazole rings is 1. The molecule has 1 aromatic carbocycles. The molecular weight excluding hydrogens is 178 g/mol. The molecule has 0 saturated heterocycles. The van der Waals surface area contributed by atoms with E-state index >= 15 is 0 Å². The molecule has 0 atom stereocenters. The second kappa shape index (κ2) is 3.21. The summed E-state index contributed by atoms with van der Waals surface area (Å²) in [4.78, 5) is 14.3. The highest BCUT2D eigenvalue weighted by Gasteiger charge is 2.04. The minimum Gasteiger partial charge on any atom is -0.399 e. The molecule has 0 aliphatic carbocycles. The van der Waals surface area contributed by atoms with Crippen molar-refractivity contribution in [3.8, 4) is 0 Å². The number of aromatic amines is 1. The van der Waals surface area contributed by atoms with Crippen molar-refractivity contribution in [3.63, 3.8) is 0 Å². The first-order chi connectivity index (χ1) is 6.72. The number of anilines is 1. The van der Waals surface area contributed by atoms with Gasteiger partial charge in [-0.05, 0) is 24.6 Å². The number of nitrogens with zero attached hydrogens (tertiary/aromatic N) is 1. The molecule has 74 valence electrons. The van der Waals surface area contributed by atoms with Gasteiger partial charge in [0.05, 0.1) is 11.0 Å². The summed E-state index contributed by atoms with van der Waals surface area (Å²) in [5.41, 5.74) is 7.96. The van der Waals surface area contributed by atoms with E-state index in [-0.39, 0.29) is 5.69 Å². The Kier molecular flexibility index (Phi) is 2.04. The van der Waals surface area contributed by atoms with Gasteiger partial charge in [0.2, 0.25) is 0 Å². The number of nitrogens with one attached hydrogen (secondary N) is 1. The smallest absolute Gasteiger partial charge is 0.326 e. The predicted octanol–water partition coefficient (Wildman–Crippen LogP) is 1.32. The fourth-order valence-corrected chi connectivity index (χ4v) is 1.63. The number of aromatic nitrogens is 2. The van der Waals surface area contributed by atoms with Gasteiger partial charge in [0.25, 0.3) is 0 Å². The largest absolute Gasteiger partial charge is 0.399 e. The van der Waals surface area contributed by atoms with Crippen LogP contribution in [0.15, 0.2) is 23.0 Å². The summed E-state index contributed by atoms with van der Waals surface area (Å²) in [6.45, 7) is 2.78. The zero-order valence-electron chi connectivity index (χ0n) is 8.08. The molecule has 0 amide bonds. The molecule has 0 spiro atoms. The predicted molar refractivity (Wildman–Crippen MR) is 57.3 cm³/mol. The molecule has 1 heterocycles. The van der Waals surface area contributed by atoms with Gasteiger partial charge in [-0.3, -0.25) is 4.57 Å². The first-order valence-corrected chi connectivity index (χ1v) is 4.70. The molecule has 0 fully saturated rings. The van der Waals surface area contributed by atoms with E-state index < -0.39 is 0 Å². The number of aryl methyl sites for hydroxylation is 1. The van der Waals surface area contributed by atoms with Crippen LogP contribution in [0.2, 0.25) is 0 Å². The summed E-state index contributed by atoms with van der Waals surface area (Å²) in [6.07, 6.45) is 0.942. The van der Waals surface area contributed by atoms with Crippen molar-refractivity contribution in [1.29, 1.82) is 0 Å². The van der Waals surface area contributed by atoms with E-state index in [9.17, 15) is 4.79 Å². The molecule has 3 N–H and O–H groups in total. The maximum absolute atomic E-state index is 11.5. The molecule has 4 heteroatoms. The molecule has 0 bridgehead atoms. The van der Waals surface area contributed by atoms with Crippen LogP contribution < -0.4 is 11.4 Å². The Bertz CT molecular complexity index is 510. The summed E-state index contributed by atoms with van der Waals surface area (Å²) in [7, 11) is 0. The number of H-pyrrole nitrogens is 1. The first kappa shape index (κ1) is 8.87. The van der Waals surface area contributed by atoms with Crippen LogP contribution in [0.3, 0.4) is 0 Å². The van der Waals surface area contributed by atoms with Crippen LogP contribution in [0.25, 0.3) is 11.0 Å². The van der Waals surface area contributed by atoms with E-state index in [0.29, 0.717) is 5.69 Å². The Morgan fingerprint density at radius 3 is 3.00 bits per heavy atom. The van der Waals surface area contributed by atoms with Crippen LogP contribution in [0.4, 0.5) is 5.69 Å². The standard InChI is InChI=1S/C10H13N3O/c1-2-5-13-9-4-3-7(11)6-8(9)12-10(13)14/h3-4,6H,2,5,11H2,1H3,(H,12,14). The number of hydrogen-bond donors (Lipinski definition) is 2. The van der Waals surface area contributed by atoms with Crippen LogP contribution in [0.5, 0.6) is 0 Å². The number of nitrogens with two attached hydrogens (primary N) is 1. The lowest BCUT2D eigenvalue weighted by molar-refractivity contribution is 0.674. The fraction of sp³-hybridized carbons (Fsp3) is 0.300. The normalized spacial score (nSPS) is 10.9. The SMILES string of the molecule is CCCn1c(=O)[nH]c2cc(N)ccc21. The van der Waals surface area contributed by atoms with Crippen molar-refractivity contribution < 1.29 is 0 Å². The van der Waals surface area contributed by atoms with E-state index in [1.54, 1.807) is 10.6 Å². The lowest BCUT2D eigenvalue weighted by atomic mass is 10.3. The van der Waals surface area contributed by atoms with Crippen LogP contribution >= 0.6 is 0 Å². The summed E-state index contributed by atoms with van der Waals surface area (Å²) in [5.74, 6) is 0. The van der Waals surface area contributed by atoms with Crippen LogP contribution in [-0.4, -0.2) is 9.55 Å². The molecule has 0 radical (unpaired) electrons. The van der Waals surface area contributed by atoms with Crippen molar-refractivity contribution in [2.45, 2.75) is 19.9 Å². The minimum absolute atomic E-state index is 0.0625. The Labute approximate surface area is 81.3 Å². The van der Waals surface area contributed by atoms with Gasteiger partial charge in [-0.25, -0.2) is 4.79 Å². The van der Waals surface area contributed by atoms with Gasteiger partial charge in [0.1, 0.15) is 0 Å². The summed E-state index contributed by atoms with van der Waals surface area (Å²) in [5, 5.41) is 0. The number of fused-ring (bicyclic) bond motifs is 1. The zero-order chi connectivity index (χ0) is 10.1. The minimum atomic E-state index is -0.0625. The highest BCUT2D eigenvalue weighted by Crippen LogP contribution is 2.13. The van der Waals surface area contributed by atoms with E-state index in [0.717, 1.165) is 24.0 Å². The lowest BCUT2D eigenvalue weighted by Crippen LogP contribution is -2.16. The molecule has 0 aliphatic heterocycles. The second-order valence-electron chi connectivity index (χ2n) is 3.36. The van der Waals surface area contributed by atoms with E-state index in [4.69, 9.17) is 5.73 Å². The third-order valence-corrected chi connectivity index (χ3v) is 2.25. The van der Waals surface area contributed by atoms with E-state index in [2.05, 4.69) is 4.98 Å². The molecular formula is C10H13N3O. The van der Waals surface area contributed by atoms with Crippen molar-refractivity contribution in [2.24, 2.45) is 0 Å². The summed E-state index contributed by atoms with van der Waals surface area (Å²) >= 11 is 0. The highest BCUT2D eigenvalue weighted by atomic mass is 16.1. The van der Waals surface area contributed by atoms with Crippen molar-refractivity contribution in [1.82, 2.24) is 9.55 Å². The number of benzene rings is 1. The van der Waals surface area contributed by atoms with Gasteiger partial charge in [0, 0.05) is 12.2 Å². The molecule has 14 heavy (non-hydrogen) atoms. The average molecular weight is 191 g/mol. The van der Waals surface area contributed by atoms with Crippen LogP contribution in [-0.2, 0) is 6.54 Å². The van der Waals surface area contributed by atoms with Crippen LogP contribution in [0, 0.1) is 0 Å². The second-order valence-corrected chi connectivity index (χ2v) is 3.36. The van der Waals surface area contributed by atoms with Crippen molar-refractivity contribution in [2.75, 3.05) is 5.73 Å². The quantitative estimate of drug-likeness (QED) is 0.703. The van der Waals surface area contributed by atoms with Gasteiger partial charge in [0.15, 0.2) is 0 Å². The van der Waals surface area contributed by atoms with Crippen LogP contribution in [0.1, 0.15) is 13.3 Å². The average Bonchev–Trinajstić information content (AvgIpc) is 2.43.